The molecule has 0 aliphatic heterocycles. The number of quaternary nitrogens is 1. The Balaban J connectivity index is 5.40. The molecule has 1 amide bonds. The molecule has 0 saturated heterocycles. The minimum absolute atomic E-state index is 0.0241. The Hall–Kier alpha value is -3.07. The number of carbonyl (C=O) groups excluding carboxylic acids is 2. The summed E-state index contributed by atoms with van der Waals surface area (Å²) in [6.07, 6.45) is 69.9. The van der Waals surface area contributed by atoms with Gasteiger partial charge in [0.05, 0.1) is 33.8 Å². The van der Waals surface area contributed by atoms with Gasteiger partial charge in [-0.1, -0.05) is 227 Å². The number of amides is 1. The van der Waals surface area contributed by atoms with E-state index in [9.17, 15) is 19.0 Å². The highest BCUT2D eigenvalue weighted by Crippen LogP contribution is 2.43. The minimum atomic E-state index is -4.47. The quantitative estimate of drug-likeness (QED) is 0.0205. The predicted molar refractivity (Wildman–Crippen MR) is 314 cm³/mol. The van der Waals surface area contributed by atoms with Gasteiger partial charge in [-0.25, -0.2) is 4.57 Å². The number of carbonyl (C=O) groups is 2. The lowest BCUT2D eigenvalue weighted by atomic mass is 10.0. The van der Waals surface area contributed by atoms with Gasteiger partial charge in [0.25, 0.3) is 0 Å². The first-order valence-electron chi connectivity index (χ1n) is 29.6. The van der Waals surface area contributed by atoms with Crippen LogP contribution in [0.25, 0.3) is 0 Å². The number of nitrogens with zero attached hydrogens (tertiary/aromatic N) is 1. The third-order valence-electron chi connectivity index (χ3n) is 12.5. The van der Waals surface area contributed by atoms with Gasteiger partial charge in [-0.2, -0.15) is 0 Å². The van der Waals surface area contributed by atoms with Crippen molar-refractivity contribution < 1.29 is 37.3 Å². The molecule has 3 atom stereocenters. The lowest BCUT2D eigenvalue weighted by Crippen LogP contribution is -2.47. The molecule has 0 aromatic rings. The molecule has 0 saturated carbocycles. The summed E-state index contributed by atoms with van der Waals surface area (Å²) in [5.41, 5.74) is 0. The van der Waals surface area contributed by atoms with Gasteiger partial charge in [0.15, 0.2) is 0 Å². The van der Waals surface area contributed by atoms with Crippen molar-refractivity contribution in [3.8, 4) is 0 Å². The van der Waals surface area contributed by atoms with Crippen LogP contribution in [0.15, 0.2) is 97.2 Å². The maximum atomic E-state index is 13.5. The molecule has 0 rings (SSSR count). The van der Waals surface area contributed by atoms with Crippen LogP contribution in [0.3, 0.4) is 0 Å². The Morgan fingerprint density at radius 1 is 0.493 bits per heavy atom. The first-order chi connectivity index (χ1) is 35.4. The Morgan fingerprint density at radius 2 is 0.890 bits per heavy atom. The SMILES string of the molecule is CC/C=C\C/C=C\C/C=C\C/C=C\C/C=C\CCCCCCCC(=O)NC(COP(=O)(O)OCC[N+](C)(C)C)C(/C=C\CCCCCCCCCCCCC)OC(=O)CC/C=C/C/C=C\CCCCCCCC. The van der Waals surface area contributed by atoms with Gasteiger partial charge in [-0.3, -0.25) is 18.6 Å². The molecular weight excluding hydrogens is 928 g/mol. The van der Waals surface area contributed by atoms with Crippen LogP contribution >= 0.6 is 7.82 Å². The maximum absolute atomic E-state index is 13.5. The van der Waals surface area contributed by atoms with Gasteiger partial charge in [-0.15, -0.1) is 0 Å². The summed E-state index contributed by atoms with van der Waals surface area (Å²) in [5, 5.41) is 3.02. The zero-order chi connectivity index (χ0) is 53.6. The number of nitrogens with one attached hydrogen (secondary N) is 1. The molecule has 420 valence electrons. The van der Waals surface area contributed by atoms with Crippen LogP contribution in [0.2, 0.25) is 0 Å². The van der Waals surface area contributed by atoms with Crippen LogP contribution in [0.5, 0.6) is 0 Å². The minimum Gasteiger partial charge on any atom is -0.456 e. The van der Waals surface area contributed by atoms with E-state index in [0.717, 1.165) is 96.3 Å². The van der Waals surface area contributed by atoms with Crippen molar-refractivity contribution >= 4 is 19.7 Å². The van der Waals surface area contributed by atoms with E-state index in [1.165, 1.54) is 96.3 Å². The molecule has 0 radical (unpaired) electrons. The highest BCUT2D eigenvalue weighted by molar-refractivity contribution is 7.47. The number of unbranched alkanes of at least 4 members (excludes halogenated alkanes) is 22. The third-order valence-corrected chi connectivity index (χ3v) is 13.5. The smallest absolute Gasteiger partial charge is 0.456 e. The second-order valence-electron chi connectivity index (χ2n) is 20.8. The molecule has 0 aromatic carbocycles. The average molecular weight is 1040 g/mol. The normalized spacial score (nSPS) is 14.5. The molecule has 9 nitrogen and oxygen atoms in total. The molecule has 0 aromatic heterocycles. The maximum Gasteiger partial charge on any atom is 0.472 e. The van der Waals surface area contributed by atoms with E-state index >= 15 is 0 Å². The number of hydrogen-bond acceptors (Lipinski definition) is 6. The van der Waals surface area contributed by atoms with Crippen LogP contribution in [0.4, 0.5) is 0 Å². The zero-order valence-corrected chi connectivity index (χ0v) is 48.7. The van der Waals surface area contributed by atoms with E-state index in [2.05, 4.69) is 105 Å². The molecule has 10 heteroatoms. The fraction of sp³-hybridized carbons (Fsp3) is 0.714. The van der Waals surface area contributed by atoms with Crippen molar-refractivity contribution in [2.75, 3.05) is 40.9 Å². The van der Waals surface area contributed by atoms with Crippen LogP contribution in [-0.4, -0.2) is 74.3 Å². The first-order valence-corrected chi connectivity index (χ1v) is 31.1. The van der Waals surface area contributed by atoms with Gasteiger partial charge in [0.2, 0.25) is 5.91 Å². The number of hydrogen-bond donors (Lipinski definition) is 2. The van der Waals surface area contributed by atoms with Gasteiger partial charge in [0, 0.05) is 12.8 Å². The lowest BCUT2D eigenvalue weighted by Gasteiger charge is -2.27. The van der Waals surface area contributed by atoms with Crippen LogP contribution in [-0.2, 0) is 27.9 Å². The summed E-state index contributed by atoms with van der Waals surface area (Å²) in [6, 6.07) is -0.886. The topological polar surface area (TPSA) is 111 Å². The number of phosphoric ester groups is 1. The molecular formula is C63H112N2O7P+. The largest absolute Gasteiger partial charge is 0.472 e. The standard InChI is InChI=1S/C63H111N2O7P/c1-7-10-13-16-19-22-25-28-29-30-31-32-33-34-35-38-40-43-46-49-52-55-62(66)64-60(59-71-73(68,69)70-58-57-65(4,5)6)61(54-51-48-45-42-39-36-26-23-20-17-14-11-8-2)72-63(67)56-53-50-47-44-41-37-27-24-21-18-15-12-9-3/h10,13,19,22,28-29,31-32,34-35,37,41,47,50-51,54,60-61H,7-9,11-12,14-18,20-21,23-27,30,33,36,38-40,42-46,48-49,52-53,55-59H2,1-6H3,(H-,64,66,68,69)/p+1/b13-10-,22-19-,29-28-,32-31-,35-34-,41-37-,50-47+,54-51-. The molecule has 0 fully saturated rings. The van der Waals surface area contributed by atoms with E-state index in [1.807, 2.05) is 39.4 Å². The molecule has 0 heterocycles. The van der Waals surface area contributed by atoms with Gasteiger partial charge in [-0.05, 0) is 96.0 Å². The van der Waals surface area contributed by atoms with Gasteiger partial charge < -0.3 is 19.4 Å². The highest BCUT2D eigenvalue weighted by Gasteiger charge is 2.30. The summed E-state index contributed by atoms with van der Waals surface area (Å²) in [7, 11) is 1.44. The van der Waals surface area contributed by atoms with E-state index in [0.29, 0.717) is 30.3 Å². The Labute approximate surface area is 449 Å². The summed E-state index contributed by atoms with van der Waals surface area (Å²) in [6.45, 7) is 6.82. The number of allylic oxidation sites excluding steroid dienone is 15. The monoisotopic (exact) mass is 1040 g/mol. The van der Waals surface area contributed by atoms with Crippen molar-refractivity contribution in [3.63, 3.8) is 0 Å². The van der Waals surface area contributed by atoms with Crippen LogP contribution in [0, 0.1) is 0 Å². The summed E-state index contributed by atoms with van der Waals surface area (Å²) >= 11 is 0. The van der Waals surface area contributed by atoms with Crippen molar-refractivity contribution in [1.82, 2.24) is 5.32 Å². The van der Waals surface area contributed by atoms with Crippen molar-refractivity contribution in [3.05, 3.63) is 97.2 Å². The first kappa shape index (κ1) is 69.9. The molecule has 0 bridgehead atoms. The highest BCUT2D eigenvalue weighted by atomic mass is 31.2. The van der Waals surface area contributed by atoms with Crippen molar-refractivity contribution in [2.24, 2.45) is 0 Å². The fourth-order valence-corrected chi connectivity index (χ4v) is 8.70. The number of phosphoric acid groups is 1. The van der Waals surface area contributed by atoms with E-state index in [-0.39, 0.29) is 25.5 Å². The summed E-state index contributed by atoms with van der Waals surface area (Å²) in [4.78, 5) is 37.6. The summed E-state index contributed by atoms with van der Waals surface area (Å²) < 4.78 is 30.6. The summed E-state index contributed by atoms with van der Waals surface area (Å²) in [5.74, 6) is -0.610. The number of esters is 1. The zero-order valence-electron chi connectivity index (χ0n) is 47.8. The Morgan fingerprint density at radius 3 is 1.34 bits per heavy atom. The number of rotatable bonds is 52. The number of likely N-dealkylation sites (N-methyl/N-ethyl adjacent to an activating group) is 1. The molecule has 73 heavy (non-hydrogen) atoms. The van der Waals surface area contributed by atoms with Crippen molar-refractivity contribution in [1.29, 1.82) is 0 Å². The Kier molecular flexibility index (Phi) is 50.2. The lowest BCUT2D eigenvalue weighted by molar-refractivity contribution is -0.870. The molecule has 0 spiro atoms. The van der Waals surface area contributed by atoms with Crippen LogP contribution in [0.1, 0.15) is 239 Å². The Bertz CT molecular complexity index is 1570. The molecule has 0 aliphatic rings. The molecule has 2 N–H and O–H groups in total. The second kappa shape index (κ2) is 52.4. The second-order valence-corrected chi connectivity index (χ2v) is 22.2. The van der Waals surface area contributed by atoms with Gasteiger partial charge in [0.1, 0.15) is 19.3 Å². The fourth-order valence-electron chi connectivity index (χ4n) is 7.96. The average Bonchev–Trinajstić information content (AvgIpc) is 3.35. The third kappa shape index (κ3) is 53.6. The predicted octanol–water partition coefficient (Wildman–Crippen LogP) is 18.0. The van der Waals surface area contributed by atoms with E-state index in [4.69, 9.17) is 13.8 Å². The number of ether oxygens (including phenoxy) is 1. The molecule has 0 aliphatic carbocycles. The van der Waals surface area contributed by atoms with Crippen molar-refractivity contribution in [2.45, 2.75) is 251 Å². The van der Waals surface area contributed by atoms with Gasteiger partial charge >= 0.3 is 13.8 Å². The van der Waals surface area contributed by atoms with Crippen LogP contribution < -0.4 is 5.32 Å². The van der Waals surface area contributed by atoms with E-state index in [1.54, 1.807) is 0 Å². The van der Waals surface area contributed by atoms with E-state index < -0.39 is 25.9 Å². The molecule has 3 unspecified atom stereocenters.